The monoisotopic (exact) mass is 241 g/mol. The summed E-state index contributed by atoms with van der Waals surface area (Å²) in [4.78, 5) is 0. The van der Waals surface area contributed by atoms with E-state index in [-0.39, 0.29) is 0 Å². The average Bonchev–Trinajstić information content (AvgIpc) is 2.66. The summed E-state index contributed by atoms with van der Waals surface area (Å²) in [6.07, 6.45) is 2.66. The number of hydrogen-bond donors (Lipinski definition) is 1. The molecule has 1 N–H and O–H groups in total. The van der Waals surface area contributed by atoms with Gasteiger partial charge in [-0.05, 0) is 18.9 Å². The second-order valence-electron chi connectivity index (χ2n) is 3.91. The maximum atomic E-state index is 5.40. The van der Waals surface area contributed by atoms with Gasteiger partial charge in [0.2, 0.25) is 0 Å². The molecule has 4 nitrogen and oxygen atoms in total. The van der Waals surface area contributed by atoms with E-state index < -0.39 is 0 Å². The lowest BCUT2D eigenvalue weighted by molar-refractivity contribution is 0.320. The second-order valence-corrected chi connectivity index (χ2v) is 4.94. The van der Waals surface area contributed by atoms with Crippen molar-refractivity contribution in [3.05, 3.63) is 17.7 Å². The molecule has 1 aromatic rings. The zero-order chi connectivity index (χ0) is 11.8. The van der Waals surface area contributed by atoms with Crippen LogP contribution >= 0.6 is 11.3 Å². The molecule has 0 aliphatic rings. The highest BCUT2D eigenvalue weighted by Crippen LogP contribution is 2.17. The summed E-state index contributed by atoms with van der Waals surface area (Å²) in [6.45, 7) is 10.4. The van der Waals surface area contributed by atoms with E-state index in [4.69, 9.17) is 4.74 Å². The number of ether oxygens (including phenoxy) is 1. The molecule has 1 heterocycles. The Kier molecular flexibility index (Phi) is 6.03. The van der Waals surface area contributed by atoms with Gasteiger partial charge in [-0.15, -0.1) is 16.8 Å². The van der Waals surface area contributed by atoms with Crippen LogP contribution in [0.1, 0.15) is 25.3 Å². The van der Waals surface area contributed by atoms with Crippen LogP contribution in [-0.2, 0) is 6.54 Å². The molecule has 5 heteroatoms. The Morgan fingerprint density at radius 1 is 1.50 bits per heavy atom. The molecule has 16 heavy (non-hydrogen) atoms. The smallest absolute Gasteiger partial charge is 0.294 e. The SMILES string of the molecule is C=CCCOc1nnc(CNCC(C)C)s1. The highest BCUT2D eigenvalue weighted by atomic mass is 32.1. The molecule has 0 atom stereocenters. The Labute approximate surface area is 101 Å². The van der Waals surface area contributed by atoms with Gasteiger partial charge in [-0.25, -0.2) is 0 Å². The Morgan fingerprint density at radius 3 is 3.00 bits per heavy atom. The lowest BCUT2D eigenvalue weighted by atomic mass is 10.2. The highest BCUT2D eigenvalue weighted by Gasteiger charge is 2.04. The maximum absolute atomic E-state index is 5.40. The minimum absolute atomic E-state index is 0.623. The van der Waals surface area contributed by atoms with Crippen LogP contribution in [0.3, 0.4) is 0 Å². The van der Waals surface area contributed by atoms with Crippen molar-refractivity contribution >= 4 is 11.3 Å². The van der Waals surface area contributed by atoms with Gasteiger partial charge in [-0.3, -0.25) is 0 Å². The van der Waals surface area contributed by atoms with Gasteiger partial charge in [0.05, 0.1) is 6.61 Å². The summed E-state index contributed by atoms with van der Waals surface area (Å²) in [7, 11) is 0. The van der Waals surface area contributed by atoms with Gasteiger partial charge in [0.15, 0.2) is 0 Å². The van der Waals surface area contributed by atoms with Gasteiger partial charge in [-0.2, -0.15) is 0 Å². The molecule has 90 valence electrons. The first-order valence-corrected chi connectivity index (χ1v) is 6.30. The summed E-state index contributed by atoms with van der Waals surface area (Å²) in [5, 5.41) is 12.9. The van der Waals surface area contributed by atoms with Crippen molar-refractivity contribution in [3.63, 3.8) is 0 Å². The quantitative estimate of drug-likeness (QED) is 0.560. The third-order valence-electron chi connectivity index (χ3n) is 1.82. The Morgan fingerprint density at radius 2 is 2.31 bits per heavy atom. The summed E-state index contributed by atoms with van der Waals surface area (Å²) in [5.41, 5.74) is 0. The van der Waals surface area contributed by atoms with E-state index in [1.807, 2.05) is 6.08 Å². The van der Waals surface area contributed by atoms with E-state index in [0.29, 0.717) is 17.7 Å². The first kappa shape index (κ1) is 13.1. The minimum Gasteiger partial charge on any atom is -0.469 e. The van der Waals surface area contributed by atoms with Crippen molar-refractivity contribution in [1.82, 2.24) is 15.5 Å². The minimum atomic E-state index is 0.623. The van der Waals surface area contributed by atoms with Crippen LogP contribution in [0.5, 0.6) is 5.19 Å². The Bertz CT molecular complexity index is 312. The molecule has 1 aromatic heterocycles. The molecule has 0 spiro atoms. The summed E-state index contributed by atoms with van der Waals surface area (Å²) >= 11 is 1.49. The molecular formula is C11H19N3OS. The fourth-order valence-corrected chi connectivity index (χ4v) is 1.75. The van der Waals surface area contributed by atoms with E-state index in [1.54, 1.807) is 0 Å². The largest absolute Gasteiger partial charge is 0.469 e. The Hall–Kier alpha value is -0.940. The highest BCUT2D eigenvalue weighted by molar-refractivity contribution is 7.13. The predicted molar refractivity (Wildman–Crippen MR) is 66.8 cm³/mol. The molecule has 0 unspecified atom stereocenters. The zero-order valence-corrected chi connectivity index (χ0v) is 10.7. The summed E-state index contributed by atoms with van der Waals surface area (Å²) < 4.78 is 5.40. The van der Waals surface area contributed by atoms with E-state index in [2.05, 4.69) is 35.9 Å². The third kappa shape index (κ3) is 5.23. The molecule has 0 saturated carbocycles. The fraction of sp³-hybridized carbons (Fsp3) is 0.636. The van der Waals surface area contributed by atoms with E-state index in [9.17, 15) is 0 Å². The number of aromatic nitrogens is 2. The second kappa shape index (κ2) is 7.35. The van der Waals surface area contributed by atoms with Crippen molar-refractivity contribution in [2.24, 2.45) is 5.92 Å². The molecular weight excluding hydrogens is 222 g/mol. The number of rotatable bonds is 8. The van der Waals surface area contributed by atoms with Crippen LogP contribution in [0.15, 0.2) is 12.7 Å². The van der Waals surface area contributed by atoms with Gasteiger partial charge < -0.3 is 10.1 Å². The summed E-state index contributed by atoms with van der Waals surface area (Å²) in [5.74, 6) is 0.649. The normalized spacial score (nSPS) is 10.7. The van der Waals surface area contributed by atoms with Gasteiger partial charge in [0.1, 0.15) is 5.01 Å². The van der Waals surface area contributed by atoms with Gasteiger partial charge >= 0.3 is 0 Å². The molecule has 0 aliphatic carbocycles. The average molecular weight is 241 g/mol. The van der Waals surface area contributed by atoms with Crippen molar-refractivity contribution in [2.45, 2.75) is 26.8 Å². The van der Waals surface area contributed by atoms with Crippen LogP contribution in [0.2, 0.25) is 0 Å². The van der Waals surface area contributed by atoms with E-state index >= 15 is 0 Å². The number of hydrogen-bond acceptors (Lipinski definition) is 5. The summed E-state index contributed by atoms with van der Waals surface area (Å²) in [6, 6.07) is 0. The molecule has 0 amide bonds. The molecule has 0 aromatic carbocycles. The molecule has 0 fully saturated rings. The standard InChI is InChI=1S/C11H19N3OS/c1-4-5-6-15-11-14-13-10(16-11)8-12-7-9(2)3/h4,9,12H,1,5-8H2,2-3H3. The van der Waals surface area contributed by atoms with Crippen molar-refractivity contribution in [2.75, 3.05) is 13.2 Å². The molecule has 0 bridgehead atoms. The molecule has 1 rings (SSSR count). The zero-order valence-electron chi connectivity index (χ0n) is 9.90. The lowest BCUT2D eigenvalue weighted by Crippen LogP contribution is -2.18. The van der Waals surface area contributed by atoms with Gasteiger partial charge in [0, 0.05) is 6.54 Å². The third-order valence-corrected chi connectivity index (χ3v) is 2.66. The van der Waals surface area contributed by atoms with Crippen LogP contribution in [0.25, 0.3) is 0 Å². The molecule has 0 aliphatic heterocycles. The topological polar surface area (TPSA) is 47.0 Å². The number of nitrogens with one attached hydrogen (secondary N) is 1. The predicted octanol–water partition coefficient (Wildman–Crippen LogP) is 2.24. The fourth-order valence-electron chi connectivity index (χ4n) is 1.07. The van der Waals surface area contributed by atoms with Crippen LogP contribution in [-0.4, -0.2) is 23.3 Å². The first-order chi connectivity index (χ1) is 7.72. The molecule has 0 radical (unpaired) electrons. The van der Waals surface area contributed by atoms with Crippen molar-refractivity contribution in [1.29, 1.82) is 0 Å². The first-order valence-electron chi connectivity index (χ1n) is 5.49. The van der Waals surface area contributed by atoms with Crippen molar-refractivity contribution < 1.29 is 4.74 Å². The van der Waals surface area contributed by atoms with Crippen LogP contribution in [0.4, 0.5) is 0 Å². The van der Waals surface area contributed by atoms with Crippen molar-refractivity contribution in [3.8, 4) is 5.19 Å². The molecule has 0 saturated heterocycles. The lowest BCUT2D eigenvalue weighted by Gasteiger charge is -2.03. The van der Waals surface area contributed by atoms with Gasteiger partial charge in [0.25, 0.3) is 5.19 Å². The maximum Gasteiger partial charge on any atom is 0.294 e. The van der Waals surface area contributed by atoms with E-state index in [1.165, 1.54) is 11.3 Å². The van der Waals surface area contributed by atoms with Crippen LogP contribution in [0, 0.1) is 5.92 Å². The number of nitrogens with zero attached hydrogens (tertiary/aromatic N) is 2. The van der Waals surface area contributed by atoms with Gasteiger partial charge in [-0.1, -0.05) is 31.3 Å². The Balaban J connectivity index is 2.25. The van der Waals surface area contributed by atoms with E-state index in [0.717, 1.165) is 24.5 Å². The van der Waals surface area contributed by atoms with Crippen LogP contribution < -0.4 is 10.1 Å².